The molecule has 1 aromatic carbocycles. The molecule has 0 amide bonds. The zero-order valence-electron chi connectivity index (χ0n) is 10.8. The van der Waals surface area contributed by atoms with E-state index < -0.39 is 0 Å². The maximum absolute atomic E-state index is 4.81. The van der Waals surface area contributed by atoms with Gasteiger partial charge in [-0.05, 0) is 19.2 Å². The second kappa shape index (κ2) is 5.71. The molecule has 19 heavy (non-hydrogen) atoms. The van der Waals surface area contributed by atoms with Crippen LogP contribution in [0.1, 0.15) is 11.7 Å². The molecule has 1 saturated heterocycles. The van der Waals surface area contributed by atoms with Crippen molar-refractivity contribution in [3.8, 4) is 10.6 Å². The van der Waals surface area contributed by atoms with Crippen molar-refractivity contribution in [2.75, 3.05) is 26.7 Å². The van der Waals surface area contributed by atoms with Crippen molar-refractivity contribution in [2.45, 2.75) is 6.04 Å². The van der Waals surface area contributed by atoms with Gasteiger partial charge in [0.15, 0.2) is 0 Å². The molecule has 1 aromatic heterocycles. The standard InChI is InChI=1S/C14H16BrN3S/c1-18-6-5-16-8-13(18)12-9-19-14(17-12)10-3-2-4-11(15)7-10/h2-4,7,9,13,16H,5-6,8H2,1H3. The summed E-state index contributed by atoms with van der Waals surface area (Å²) in [7, 11) is 2.17. The zero-order chi connectivity index (χ0) is 13.2. The monoisotopic (exact) mass is 337 g/mol. The summed E-state index contributed by atoms with van der Waals surface area (Å²) in [5.41, 5.74) is 2.35. The topological polar surface area (TPSA) is 28.2 Å². The number of benzene rings is 1. The summed E-state index contributed by atoms with van der Waals surface area (Å²) >= 11 is 5.23. The molecule has 1 aliphatic heterocycles. The summed E-state index contributed by atoms with van der Waals surface area (Å²) in [6, 6.07) is 8.71. The van der Waals surface area contributed by atoms with Gasteiger partial charge in [-0.1, -0.05) is 28.1 Å². The maximum Gasteiger partial charge on any atom is 0.123 e. The van der Waals surface area contributed by atoms with Gasteiger partial charge in [0.25, 0.3) is 0 Å². The molecule has 0 bridgehead atoms. The molecule has 2 aromatic rings. The minimum Gasteiger partial charge on any atom is -0.313 e. The number of aromatic nitrogens is 1. The Morgan fingerprint density at radius 1 is 1.47 bits per heavy atom. The summed E-state index contributed by atoms with van der Waals surface area (Å²) in [5, 5.41) is 6.72. The van der Waals surface area contributed by atoms with Crippen LogP contribution in [-0.2, 0) is 0 Å². The number of likely N-dealkylation sites (N-methyl/N-ethyl adjacent to an activating group) is 1. The van der Waals surface area contributed by atoms with E-state index in [0.29, 0.717) is 6.04 Å². The van der Waals surface area contributed by atoms with Gasteiger partial charge in [-0.2, -0.15) is 0 Å². The van der Waals surface area contributed by atoms with E-state index >= 15 is 0 Å². The van der Waals surface area contributed by atoms with Crippen LogP contribution in [0.15, 0.2) is 34.1 Å². The van der Waals surface area contributed by atoms with Crippen molar-refractivity contribution < 1.29 is 0 Å². The Kier molecular flexibility index (Phi) is 3.98. The number of thiazole rings is 1. The lowest BCUT2D eigenvalue weighted by Gasteiger charge is -2.31. The van der Waals surface area contributed by atoms with Gasteiger partial charge in [-0.15, -0.1) is 11.3 Å². The predicted molar refractivity (Wildman–Crippen MR) is 83.5 cm³/mol. The lowest BCUT2D eigenvalue weighted by Crippen LogP contribution is -2.43. The first-order valence-electron chi connectivity index (χ1n) is 6.36. The third-order valence-electron chi connectivity index (χ3n) is 3.45. The van der Waals surface area contributed by atoms with Crippen LogP contribution in [0.3, 0.4) is 0 Å². The Labute approximate surface area is 125 Å². The van der Waals surface area contributed by atoms with Crippen LogP contribution >= 0.6 is 27.3 Å². The van der Waals surface area contributed by atoms with E-state index in [4.69, 9.17) is 4.98 Å². The molecule has 0 spiro atoms. The number of hydrogen-bond donors (Lipinski definition) is 1. The fourth-order valence-electron chi connectivity index (χ4n) is 2.33. The molecule has 0 saturated carbocycles. The van der Waals surface area contributed by atoms with E-state index in [2.05, 4.69) is 56.8 Å². The maximum atomic E-state index is 4.81. The van der Waals surface area contributed by atoms with Crippen LogP contribution in [-0.4, -0.2) is 36.6 Å². The smallest absolute Gasteiger partial charge is 0.123 e. The quantitative estimate of drug-likeness (QED) is 0.912. The SMILES string of the molecule is CN1CCNCC1c1csc(-c2cccc(Br)c2)n1. The van der Waals surface area contributed by atoms with Crippen LogP contribution in [0.2, 0.25) is 0 Å². The van der Waals surface area contributed by atoms with Gasteiger partial charge in [-0.3, -0.25) is 4.90 Å². The molecular weight excluding hydrogens is 322 g/mol. The first-order chi connectivity index (χ1) is 9.24. The van der Waals surface area contributed by atoms with Crippen molar-refractivity contribution >= 4 is 27.3 Å². The van der Waals surface area contributed by atoms with Gasteiger partial charge < -0.3 is 5.32 Å². The Balaban J connectivity index is 1.86. The Bertz CT molecular complexity index is 569. The number of hydrogen-bond acceptors (Lipinski definition) is 4. The average molecular weight is 338 g/mol. The highest BCUT2D eigenvalue weighted by atomic mass is 79.9. The second-order valence-corrected chi connectivity index (χ2v) is 6.56. The van der Waals surface area contributed by atoms with E-state index in [0.717, 1.165) is 29.1 Å². The molecule has 0 radical (unpaired) electrons. The molecule has 5 heteroatoms. The van der Waals surface area contributed by atoms with Gasteiger partial charge >= 0.3 is 0 Å². The molecule has 1 atom stereocenters. The largest absolute Gasteiger partial charge is 0.313 e. The molecular formula is C14H16BrN3S. The molecule has 1 fully saturated rings. The molecule has 3 nitrogen and oxygen atoms in total. The van der Waals surface area contributed by atoms with Crippen LogP contribution in [0.4, 0.5) is 0 Å². The van der Waals surface area contributed by atoms with E-state index in [1.165, 1.54) is 11.3 Å². The first kappa shape index (κ1) is 13.2. The van der Waals surface area contributed by atoms with Crippen LogP contribution in [0, 0.1) is 0 Å². The second-order valence-electron chi connectivity index (χ2n) is 4.79. The molecule has 100 valence electrons. The molecule has 3 rings (SSSR count). The van der Waals surface area contributed by atoms with Crippen molar-refractivity contribution in [2.24, 2.45) is 0 Å². The van der Waals surface area contributed by atoms with Crippen LogP contribution in [0.5, 0.6) is 0 Å². The highest BCUT2D eigenvalue weighted by Gasteiger charge is 2.22. The average Bonchev–Trinajstić information content (AvgIpc) is 2.89. The number of halogens is 1. The lowest BCUT2D eigenvalue weighted by atomic mass is 10.1. The third-order valence-corrected chi connectivity index (χ3v) is 4.85. The Morgan fingerprint density at radius 3 is 3.16 bits per heavy atom. The Morgan fingerprint density at radius 2 is 2.37 bits per heavy atom. The minimum atomic E-state index is 0.394. The Hall–Kier alpha value is -0.750. The van der Waals surface area contributed by atoms with Gasteiger partial charge in [0.1, 0.15) is 5.01 Å². The summed E-state index contributed by atoms with van der Waals surface area (Å²) in [6.07, 6.45) is 0. The van der Waals surface area contributed by atoms with Gasteiger partial charge in [0, 0.05) is 35.1 Å². The number of rotatable bonds is 2. The normalized spacial score (nSPS) is 20.6. The van der Waals surface area contributed by atoms with E-state index in [1.54, 1.807) is 11.3 Å². The number of piperazine rings is 1. The fraction of sp³-hybridized carbons (Fsp3) is 0.357. The van der Waals surface area contributed by atoms with Gasteiger partial charge in [0.2, 0.25) is 0 Å². The van der Waals surface area contributed by atoms with Gasteiger partial charge in [-0.25, -0.2) is 4.98 Å². The zero-order valence-corrected chi connectivity index (χ0v) is 13.2. The van der Waals surface area contributed by atoms with Crippen LogP contribution in [0.25, 0.3) is 10.6 Å². The minimum absolute atomic E-state index is 0.394. The van der Waals surface area contributed by atoms with Crippen molar-refractivity contribution in [3.05, 3.63) is 39.8 Å². The molecule has 2 heterocycles. The molecule has 0 aliphatic carbocycles. The lowest BCUT2D eigenvalue weighted by molar-refractivity contribution is 0.199. The summed E-state index contributed by atoms with van der Waals surface area (Å²) < 4.78 is 1.10. The van der Waals surface area contributed by atoms with Crippen molar-refractivity contribution in [1.82, 2.24) is 15.2 Å². The fourth-order valence-corrected chi connectivity index (χ4v) is 3.59. The van der Waals surface area contributed by atoms with Crippen molar-refractivity contribution in [1.29, 1.82) is 0 Å². The van der Waals surface area contributed by atoms with Crippen LogP contribution < -0.4 is 5.32 Å². The van der Waals surface area contributed by atoms with E-state index in [9.17, 15) is 0 Å². The van der Waals surface area contributed by atoms with E-state index in [1.807, 2.05) is 6.07 Å². The highest BCUT2D eigenvalue weighted by Crippen LogP contribution is 2.29. The third kappa shape index (κ3) is 2.89. The summed E-state index contributed by atoms with van der Waals surface area (Å²) in [5.74, 6) is 0. The molecule has 1 unspecified atom stereocenters. The summed E-state index contributed by atoms with van der Waals surface area (Å²) in [6.45, 7) is 3.13. The van der Waals surface area contributed by atoms with E-state index in [-0.39, 0.29) is 0 Å². The predicted octanol–water partition coefficient (Wildman–Crippen LogP) is 3.15. The highest BCUT2D eigenvalue weighted by molar-refractivity contribution is 9.10. The number of nitrogens with zero attached hydrogens (tertiary/aromatic N) is 2. The molecule has 1 aliphatic rings. The number of nitrogens with one attached hydrogen (secondary N) is 1. The van der Waals surface area contributed by atoms with Gasteiger partial charge in [0.05, 0.1) is 11.7 Å². The molecule has 1 N–H and O–H groups in total. The first-order valence-corrected chi connectivity index (χ1v) is 8.03. The van der Waals surface area contributed by atoms with Crippen molar-refractivity contribution in [3.63, 3.8) is 0 Å². The summed E-state index contributed by atoms with van der Waals surface area (Å²) in [4.78, 5) is 7.18.